The predicted molar refractivity (Wildman–Crippen MR) is 77.2 cm³/mol. The third-order valence-electron chi connectivity index (χ3n) is 4.24. The number of aryl methyl sites for hydroxylation is 1. The second-order valence-electron chi connectivity index (χ2n) is 5.82. The lowest BCUT2D eigenvalue weighted by atomic mass is 9.75. The van der Waals surface area contributed by atoms with Gasteiger partial charge in [-0.3, -0.25) is 4.68 Å². The van der Waals surface area contributed by atoms with Crippen molar-refractivity contribution in [3.63, 3.8) is 0 Å². The molecular weight excluding hydrogens is 238 g/mol. The lowest BCUT2D eigenvalue weighted by Crippen LogP contribution is -2.46. The Kier molecular flexibility index (Phi) is 4.99. The molecule has 0 spiro atoms. The molecule has 0 aliphatic heterocycles. The Morgan fingerprint density at radius 3 is 2.79 bits per heavy atom. The van der Waals surface area contributed by atoms with Gasteiger partial charge in [-0.25, -0.2) is 0 Å². The molecule has 1 unspecified atom stereocenters. The molecule has 0 bridgehead atoms. The lowest BCUT2D eigenvalue weighted by Gasteiger charge is -2.43. The molecule has 4 nitrogen and oxygen atoms in total. The molecule has 4 heteroatoms. The molecule has 108 valence electrons. The molecule has 1 aliphatic carbocycles. The zero-order chi connectivity index (χ0) is 13.7. The number of ether oxygens (including phenoxy) is 1. The minimum atomic E-state index is 0.133. The topological polar surface area (TPSA) is 39.1 Å². The fourth-order valence-corrected chi connectivity index (χ4v) is 2.94. The number of hydrogen-bond acceptors (Lipinski definition) is 3. The van der Waals surface area contributed by atoms with Gasteiger partial charge in [-0.05, 0) is 50.6 Å². The molecule has 2 rings (SSSR count). The van der Waals surface area contributed by atoms with Crippen molar-refractivity contribution in [1.29, 1.82) is 0 Å². The SMILES string of the molecule is CCCNC(Cc1cnn(C)c1)CC1(OC)CCC1. The molecule has 1 aliphatic rings. The van der Waals surface area contributed by atoms with Crippen molar-refractivity contribution >= 4 is 0 Å². The van der Waals surface area contributed by atoms with E-state index in [2.05, 4.69) is 23.5 Å². The number of methoxy groups -OCH3 is 1. The van der Waals surface area contributed by atoms with E-state index < -0.39 is 0 Å². The summed E-state index contributed by atoms with van der Waals surface area (Å²) in [7, 11) is 3.83. The average molecular weight is 265 g/mol. The van der Waals surface area contributed by atoms with Gasteiger partial charge >= 0.3 is 0 Å². The first-order chi connectivity index (χ1) is 9.17. The van der Waals surface area contributed by atoms with Crippen LogP contribution in [0.2, 0.25) is 0 Å². The normalized spacial score (nSPS) is 19.1. The summed E-state index contributed by atoms with van der Waals surface area (Å²) in [5.74, 6) is 0. The Bertz CT molecular complexity index is 379. The van der Waals surface area contributed by atoms with Gasteiger partial charge in [0.15, 0.2) is 0 Å². The van der Waals surface area contributed by atoms with Gasteiger partial charge in [0.1, 0.15) is 0 Å². The summed E-state index contributed by atoms with van der Waals surface area (Å²) >= 11 is 0. The summed E-state index contributed by atoms with van der Waals surface area (Å²) in [6.45, 7) is 3.29. The van der Waals surface area contributed by atoms with Crippen molar-refractivity contribution in [3.8, 4) is 0 Å². The third-order valence-corrected chi connectivity index (χ3v) is 4.24. The molecule has 0 aromatic carbocycles. The van der Waals surface area contributed by atoms with Crippen molar-refractivity contribution < 1.29 is 4.74 Å². The first kappa shape index (κ1) is 14.5. The van der Waals surface area contributed by atoms with Gasteiger partial charge in [0.2, 0.25) is 0 Å². The van der Waals surface area contributed by atoms with Crippen LogP contribution in [-0.4, -0.2) is 35.1 Å². The summed E-state index contributed by atoms with van der Waals surface area (Å²) < 4.78 is 7.64. The maximum absolute atomic E-state index is 5.77. The largest absolute Gasteiger partial charge is 0.378 e. The molecule has 1 saturated carbocycles. The molecule has 0 amide bonds. The van der Waals surface area contributed by atoms with Crippen molar-refractivity contribution in [2.75, 3.05) is 13.7 Å². The smallest absolute Gasteiger partial charge is 0.0693 e. The van der Waals surface area contributed by atoms with E-state index in [1.54, 1.807) is 0 Å². The maximum Gasteiger partial charge on any atom is 0.0693 e. The first-order valence-corrected chi connectivity index (χ1v) is 7.43. The summed E-state index contributed by atoms with van der Waals surface area (Å²) in [5.41, 5.74) is 1.44. The molecule has 1 atom stereocenters. The summed E-state index contributed by atoms with van der Waals surface area (Å²) in [5, 5.41) is 7.93. The number of nitrogens with one attached hydrogen (secondary N) is 1. The monoisotopic (exact) mass is 265 g/mol. The second kappa shape index (κ2) is 6.53. The average Bonchev–Trinajstić information content (AvgIpc) is 2.76. The van der Waals surface area contributed by atoms with Crippen LogP contribution in [0.4, 0.5) is 0 Å². The van der Waals surface area contributed by atoms with Gasteiger partial charge in [0, 0.05) is 26.4 Å². The van der Waals surface area contributed by atoms with E-state index >= 15 is 0 Å². The third kappa shape index (κ3) is 3.80. The molecule has 0 radical (unpaired) electrons. The van der Waals surface area contributed by atoms with Crippen molar-refractivity contribution in [1.82, 2.24) is 15.1 Å². The summed E-state index contributed by atoms with van der Waals surface area (Å²) in [6.07, 6.45) is 11.1. The standard InChI is InChI=1S/C15H27N3O/c1-4-8-16-14(9-13-11-17-18(2)12-13)10-15(19-3)6-5-7-15/h11-12,14,16H,4-10H2,1-3H3. The van der Waals surface area contributed by atoms with Crippen molar-refractivity contribution in [2.45, 2.75) is 57.1 Å². The number of hydrogen-bond donors (Lipinski definition) is 1. The minimum absolute atomic E-state index is 0.133. The van der Waals surface area contributed by atoms with Gasteiger partial charge in [-0.2, -0.15) is 5.10 Å². The van der Waals surface area contributed by atoms with Crippen LogP contribution in [0.3, 0.4) is 0 Å². The lowest BCUT2D eigenvalue weighted by molar-refractivity contribution is -0.0834. The Hall–Kier alpha value is -0.870. The number of rotatable bonds is 8. The highest BCUT2D eigenvalue weighted by Gasteiger charge is 2.38. The van der Waals surface area contributed by atoms with Gasteiger partial charge in [0.05, 0.1) is 11.8 Å². The van der Waals surface area contributed by atoms with E-state index in [0.29, 0.717) is 6.04 Å². The molecular formula is C15H27N3O. The van der Waals surface area contributed by atoms with E-state index in [4.69, 9.17) is 4.74 Å². The van der Waals surface area contributed by atoms with E-state index in [-0.39, 0.29) is 5.60 Å². The Balaban J connectivity index is 1.94. The van der Waals surface area contributed by atoms with Crippen LogP contribution in [0, 0.1) is 0 Å². The van der Waals surface area contributed by atoms with E-state index in [9.17, 15) is 0 Å². The van der Waals surface area contributed by atoms with Gasteiger partial charge in [-0.1, -0.05) is 6.92 Å². The molecule has 1 fully saturated rings. The molecule has 1 aromatic rings. The van der Waals surface area contributed by atoms with E-state index in [0.717, 1.165) is 19.4 Å². The van der Waals surface area contributed by atoms with Crippen LogP contribution < -0.4 is 5.32 Å². The van der Waals surface area contributed by atoms with E-state index in [1.807, 2.05) is 25.0 Å². The number of aromatic nitrogens is 2. The molecule has 1 aromatic heterocycles. The molecule has 0 saturated heterocycles. The van der Waals surface area contributed by atoms with Gasteiger partial charge < -0.3 is 10.1 Å². The molecule has 1 heterocycles. The zero-order valence-electron chi connectivity index (χ0n) is 12.5. The maximum atomic E-state index is 5.77. The zero-order valence-corrected chi connectivity index (χ0v) is 12.5. The fourth-order valence-electron chi connectivity index (χ4n) is 2.94. The molecule has 19 heavy (non-hydrogen) atoms. The summed E-state index contributed by atoms with van der Waals surface area (Å²) in [6, 6.07) is 0.490. The van der Waals surface area contributed by atoms with Crippen LogP contribution >= 0.6 is 0 Å². The summed E-state index contributed by atoms with van der Waals surface area (Å²) in [4.78, 5) is 0. The van der Waals surface area contributed by atoms with Crippen LogP contribution in [-0.2, 0) is 18.2 Å². The highest BCUT2D eigenvalue weighted by molar-refractivity contribution is 5.07. The van der Waals surface area contributed by atoms with Crippen LogP contribution in [0.1, 0.15) is 44.6 Å². The predicted octanol–water partition coefficient (Wildman–Crippen LogP) is 2.29. The van der Waals surface area contributed by atoms with Gasteiger partial charge in [0.25, 0.3) is 0 Å². The fraction of sp³-hybridized carbons (Fsp3) is 0.800. The highest BCUT2D eigenvalue weighted by Crippen LogP contribution is 2.39. The second-order valence-corrected chi connectivity index (χ2v) is 5.82. The van der Waals surface area contributed by atoms with Crippen LogP contribution in [0.5, 0.6) is 0 Å². The van der Waals surface area contributed by atoms with Crippen molar-refractivity contribution in [3.05, 3.63) is 18.0 Å². The molecule has 1 N–H and O–H groups in total. The Labute approximate surface area is 116 Å². The quantitative estimate of drug-likeness (QED) is 0.784. The van der Waals surface area contributed by atoms with Crippen LogP contribution in [0.25, 0.3) is 0 Å². The van der Waals surface area contributed by atoms with Gasteiger partial charge in [-0.15, -0.1) is 0 Å². The van der Waals surface area contributed by atoms with Crippen molar-refractivity contribution in [2.24, 2.45) is 7.05 Å². The highest BCUT2D eigenvalue weighted by atomic mass is 16.5. The van der Waals surface area contributed by atoms with Crippen LogP contribution in [0.15, 0.2) is 12.4 Å². The Morgan fingerprint density at radius 1 is 1.53 bits per heavy atom. The first-order valence-electron chi connectivity index (χ1n) is 7.43. The minimum Gasteiger partial charge on any atom is -0.378 e. The Morgan fingerprint density at radius 2 is 2.32 bits per heavy atom. The number of nitrogens with zero attached hydrogens (tertiary/aromatic N) is 2. The van der Waals surface area contributed by atoms with E-state index in [1.165, 1.54) is 31.2 Å².